The summed E-state index contributed by atoms with van der Waals surface area (Å²) in [5.41, 5.74) is 5.24. The Morgan fingerprint density at radius 1 is 0.722 bits per heavy atom. The van der Waals surface area contributed by atoms with E-state index in [1.807, 2.05) is 66.7 Å². The molecule has 0 saturated carbocycles. The molecule has 0 unspecified atom stereocenters. The first-order valence-electron chi connectivity index (χ1n) is 11.7. The first kappa shape index (κ1) is 23.0. The van der Waals surface area contributed by atoms with Gasteiger partial charge in [-0.1, -0.05) is 72.8 Å². The zero-order chi connectivity index (χ0) is 25.1. The van der Waals surface area contributed by atoms with Gasteiger partial charge < -0.3 is 4.74 Å². The second kappa shape index (κ2) is 9.84. The van der Waals surface area contributed by atoms with Crippen molar-refractivity contribution in [3.8, 4) is 11.1 Å². The largest absolute Gasteiger partial charge is 0.462 e. The minimum atomic E-state index is -0.453. The molecule has 4 aromatic carbocycles. The number of anilines is 1. The molecule has 0 N–H and O–H groups in total. The molecule has 1 aliphatic heterocycles. The summed E-state index contributed by atoms with van der Waals surface area (Å²) in [5, 5.41) is 0. The number of esters is 1. The van der Waals surface area contributed by atoms with Crippen LogP contribution in [0.3, 0.4) is 0 Å². The molecular weight excluding hydrogens is 450 g/mol. The van der Waals surface area contributed by atoms with Gasteiger partial charge in [0.1, 0.15) is 0 Å². The lowest BCUT2D eigenvalue weighted by Crippen LogP contribution is -2.41. The van der Waals surface area contributed by atoms with Gasteiger partial charge in [0.15, 0.2) is 0 Å². The van der Waals surface area contributed by atoms with Crippen molar-refractivity contribution in [3.63, 3.8) is 0 Å². The molecule has 36 heavy (non-hydrogen) atoms. The van der Waals surface area contributed by atoms with E-state index in [1.54, 1.807) is 49.4 Å². The molecule has 0 bridgehead atoms. The lowest BCUT2D eigenvalue weighted by atomic mass is 9.91. The van der Waals surface area contributed by atoms with Crippen molar-refractivity contribution in [1.29, 1.82) is 0 Å². The standard InChI is InChI=1S/C31H23NO4/c1-2-36-31(35)24-16-18-25(19-17-24)32-29(33)27-11-7-6-10-26(27)28(30(32)34)20-21-12-14-23(15-13-21)22-8-4-3-5-9-22/h3-20H,2H2,1H3. The Morgan fingerprint density at radius 2 is 1.33 bits per heavy atom. The minimum absolute atomic E-state index is 0.265. The maximum Gasteiger partial charge on any atom is 0.338 e. The van der Waals surface area contributed by atoms with Crippen molar-refractivity contribution in [2.45, 2.75) is 6.92 Å². The fourth-order valence-corrected chi connectivity index (χ4v) is 4.26. The van der Waals surface area contributed by atoms with Crippen LogP contribution < -0.4 is 4.90 Å². The van der Waals surface area contributed by atoms with E-state index in [2.05, 4.69) is 0 Å². The van der Waals surface area contributed by atoms with Crippen molar-refractivity contribution in [1.82, 2.24) is 0 Å². The number of carbonyl (C=O) groups excluding carboxylic acids is 3. The highest BCUT2D eigenvalue weighted by Crippen LogP contribution is 2.34. The summed E-state index contributed by atoms with van der Waals surface area (Å²) < 4.78 is 5.03. The Morgan fingerprint density at radius 3 is 2.00 bits per heavy atom. The number of hydrogen-bond donors (Lipinski definition) is 0. The molecule has 0 fully saturated rings. The first-order valence-corrected chi connectivity index (χ1v) is 11.7. The van der Waals surface area contributed by atoms with E-state index in [4.69, 9.17) is 4.74 Å². The van der Waals surface area contributed by atoms with Crippen molar-refractivity contribution >= 4 is 35.1 Å². The number of nitrogens with zero attached hydrogens (tertiary/aromatic N) is 1. The number of amides is 2. The zero-order valence-corrected chi connectivity index (χ0v) is 19.7. The highest BCUT2D eigenvalue weighted by molar-refractivity contribution is 6.43. The number of imide groups is 1. The molecule has 1 aliphatic rings. The zero-order valence-electron chi connectivity index (χ0n) is 19.7. The smallest absolute Gasteiger partial charge is 0.338 e. The van der Waals surface area contributed by atoms with Crippen molar-refractivity contribution in [3.05, 3.63) is 125 Å². The van der Waals surface area contributed by atoms with E-state index in [1.165, 1.54) is 0 Å². The number of rotatable bonds is 5. The fourth-order valence-electron chi connectivity index (χ4n) is 4.26. The number of benzene rings is 4. The predicted molar refractivity (Wildman–Crippen MR) is 140 cm³/mol. The van der Waals surface area contributed by atoms with Gasteiger partial charge >= 0.3 is 5.97 Å². The van der Waals surface area contributed by atoms with E-state index < -0.39 is 17.8 Å². The maximum atomic E-state index is 13.7. The van der Waals surface area contributed by atoms with Gasteiger partial charge in [-0.05, 0) is 65.6 Å². The van der Waals surface area contributed by atoms with Gasteiger partial charge in [-0.15, -0.1) is 0 Å². The van der Waals surface area contributed by atoms with Crippen LogP contribution in [0, 0.1) is 0 Å². The van der Waals surface area contributed by atoms with Crippen LogP contribution in [0.15, 0.2) is 103 Å². The van der Waals surface area contributed by atoms with Crippen LogP contribution in [-0.4, -0.2) is 24.4 Å². The Balaban J connectivity index is 1.52. The Bertz CT molecular complexity index is 1470. The van der Waals surface area contributed by atoms with Gasteiger partial charge in [0.05, 0.1) is 17.9 Å². The third-order valence-corrected chi connectivity index (χ3v) is 6.05. The second-order valence-electron chi connectivity index (χ2n) is 8.30. The van der Waals surface area contributed by atoms with Gasteiger partial charge in [-0.3, -0.25) is 9.59 Å². The molecule has 0 aliphatic carbocycles. The number of carbonyl (C=O) groups is 3. The summed E-state index contributed by atoms with van der Waals surface area (Å²) in [5.74, 6) is -1.28. The number of ether oxygens (including phenoxy) is 1. The van der Waals surface area contributed by atoms with Gasteiger partial charge in [0.25, 0.3) is 11.8 Å². The summed E-state index contributed by atoms with van der Waals surface area (Å²) in [6, 6.07) is 31.4. The molecule has 0 saturated heterocycles. The van der Waals surface area contributed by atoms with Crippen LogP contribution in [0.25, 0.3) is 22.8 Å². The first-order chi connectivity index (χ1) is 17.6. The summed E-state index contributed by atoms with van der Waals surface area (Å²) in [7, 11) is 0. The van der Waals surface area contributed by atoms with E-state index in [-0.39, 0.29) is 6.61 Å². The molecular formula is C31H23NO4. The molecule has 176 valence electrons. The monoisotopic (exact) mass is 473 g/mol. The molecule has 5 heteroatoms. The molecule has 0 spiro atoms. The van der Waals surface area contributed by atoms with Crippen LogP contribution >= 0.6 is 0 Å². The average molecular weight is 474 g/mol. The predicted octanol–water partition coefficient (Wildman–Crippen LogP) is 6.26. The molecule has 0 radical (unpaired) electrons. The average Bonchev–Trinajstić information content (AvgIpc) is 2.92. The van der Waals surface area contributed by atoms with Crippen LogP contribution in [-0.2, 0) is 9.53 Å². The second-order valence-corrected chi connectivity index (χ2v) is 8.30. The van der Waals surface area contributed by atoms with Crippen molar-refractivity contribution in [2.24, 2.45) is 0 Å². The highest BCUT2D eigenvalue weighted by atomic mass is 16.5. The lowest BCUT2D eigenvalue weighted by molar-refractivity contribution is -0.112. The van der Waals surface area contributed by atoms with Gasteiger partial charge in [0.2, 0.25) is 0 Å². The maximum absolute atomic E-state index is 13.7. The summed E-state index contributed by atoms with van der Waals surface area (Å²) >= 11 is 0. The van der Waals surface area contributed by atoms with Gasteiger partial charge in [-0.25, -0.2) is 9.69 Å². The number of fused-ring (bicyclic) bond motifs is 1. The molecule has 0 atom stereocenters. The topological polar surface area (TPSA) is 63.7 Å². The van der Waals surface area contributed by atoms with Crippen LogP contribution in [0.2, 0.25) is 0 Å². The van der Waals surface area contributed by atoms with E-state index in [0.717, 1.165) is 21.6 Å². The van der Waals surface area contributed by atoms with Crippen LogP contribution in [0.1, 0.15) is 38.8 Å². The molecule has 5 nitrogen and oxygen atoms in total. The lowest BCUT2D eigenvalue weighted by Gasteiger charge is -2.28. The summed E-state index contributed by atoms with van der Waals surface area (Å²) in [6.45, 7) is 2.00. The Labute approximate surface area is 209 Å². The van der Waals surface area contributed by atoms with Gasteiger partial charge in [0, 0.05) is 11.1 Å². The quantitative estimate of drug-likeness (QED) is 0.195. The Kier molecular flexibility index (Phi) is 6.29. The molecule has 0 aromatic heterocycles. The molecule has 1 heterocycles. The Hall–Kier alpha value is -4.77. The SMILES string of the molecule is CCOC(=O)c1ccc(N2C(=O)C(=Cc3ccc(-c4ccccc4)cc3)c3ccccc3C2=O)cc1. The van der Waals surface area contributed by atoms with E-state index >= 15 is 0 Å². The molecule has 5 rings (SSSR count). The van der Waals surface area contributed by atoms with E-state index in [9.17, 15) is 14.4 Å². The molecule has 4 aromatic rings. The van der Waals surface area contributed by atoms with Gasteiger partial charge in [-0.2, -0.15) is 0 Å². The normalized spacial score (nSPS) is 14.0. The fraction of sp³-hybridized carbons (Fsp3) is 0.0645. The van der Waals surface area contributed by atoms with Crippen molar-refractivity contribution < 1.29 is 19.1 Å². The van der Waals surface area contributed by atoms with E-state index in [0.29, 0.717) is 28.0 Å². The van der Waals surface area contributed by atoms with Crippen LogP contribution in [0.4, 0.5) is 5.69 Å². The minimum Gasteiger partial charge on any atom is -0.462 e. The van der Waals surface area contributed by atoms with Crippen molar-refractivity contribution in [2.75, 3.05) is 11.5 Å². The number of hydrogen-bond acceptors (Lipinski definition) is 4. The third kappa shape index (κ3) is 4.34. The van der Waals surface area contributed by atoms with Crippen LogP contribution in [0.5, 0.6) is 0 Å². The molecule has 2 amide bonds. The summed E-state index contributed by atoms with van der Waals surface area (Å²) in [6.07, 6.45) is 1.81. The third-order valence-electron chi connectivity index (χ3n) is 6.05. The summed E-state index contributed by atoms with van der Waals surface area (Å²) in [4.78, 5) is 40.2. The highest BCUT2D eigenvalue weighted by Gasteiger charge is 2.35.